The second-order valence-electron chi connectivity index (χ2n) is 6.86. The molecule has 0 aromatic heterocycles. The second-order valence-corrected chi connectivity index (χ2v) is 6.86. The van der Waals surface area contributed by atoms with Crippen LogP contribution in [-0.2, 0) is 4.74 Å². The Bertz CT molecular complexity index is 270. The molecule has 0 amide bonds. The van der Waals surface area contributed by atoms with E-state index in [1.807, 2.05) is 0 Å². The molecule has 0 bridgehead atoms. The standard InChI is InChI=1S/C16H28O2/c17-15-7-3-1-2-6-14(15)13-8-11-18-16(12-13)9-4-5-10-16/h13-15,17H,1-12H2. The number of ether oxygens (including phenoxy) is 1. The van der Waals surface area contributed by atoms with Gasteiger partial charge in [0.15, 0.2) is 0 Å². The molecular weight excluding hydrogens is 224 g/mol. The Labute approximate surface area is 111 Å². The molecule has 2 nitrogen and oxygen atoms in total. The Morgan fingerprint density at radius 3 is 2.50 bits per heavy atom. The van der Waals surface area contributed by atoms with Crippen molar-refractivity contribution in [3.8, 4) is 0 Å². The van der Waals surface area contributed by atoms with E-state index < -0.39 is 0 Å². The average molecular weight is 252 g/mol. The van der Waals surface area contributed by atoms with Gasteiger partial charge in [0.25, 0.3) is 0 Å². The van der Waals surface area contributed by atoms with Crippen molar-refractivity contribution in [2.24, 2.45) is 11.8 Å². The minimum absolute atomic E-state index is 0.0333. The molecule has 0 radical (unpaired) electrons. The molecule has 1 aliphatic heterocycles. The van der Waals surface area contributed by atoms with E-state index in [-0.39, 0.29) is 11.7 Å². The van der Waals surface area contributed by atoms with E-state index in [1.54, 1.807) is 0 Å². The summed E-state index contributed by atoms with van der Waals surface area (Å²) in [6.45, 7) is 0.938. The van der Waals surface area contributed by atoms with E-state index in [0.29, 0.717) is 5.92 Å². The van der Waals surface area contributed by atoms with E-state index in [0.717, 1.165) is 18.9 Å². The Hall–Kier alpha value is -0.0800. The molecule has 3 aliphatic rings. The smallest absolute Gasteiger partial charge is 0.0685 e. The summed E-state index contributed by atoms with van der Waals surface area (Å²) in [5.41, 5.74) is 0.217. The molecule has 3 rings (SSSR count). The van der Waals surface area contributed by atoms with Crippen LogP contribution in [0.2, 0.25) is 0 Å². The molecule has 1 saturated heterocycles. The molecular formula is C16H28O2. The summed E-state index contributed by atoms with van der Waals surface area (Å²) >= 11 is 0. The van der Waals surface area contributed by atoms with E-state index in [1.165, 1.54) is 64.2 Å². The average Bonchev–Trinajstić information content (AvgIpc) is 2.70. The topological polar surface area (TPSA) is 29.5 Å². The van der Waals surface area contributed by atoms with Gasteiger partial charge in [0, 0.05) is 6.61 Å². The van der Waals surface area contributed by atoms with Gasteiger partial charge in [-0.1, -0.05) is 32.1 Å². The maximum atomic E-state index is 10.4. The largest absolute Gasteiger partial charge is 0.393 e. The van der Waals surface area contributed by atoms with Crippen molar-refractivity contribution < 1.29 is 9.84 Å². The van der Waals surface area contributed by atoms with Crippen molar-refractivity contribution in [3.05, 3.63) is 0 Å². The normalized spacial score (nSPS) is 40.8. The third kappa shape index (κ3) is 2.60. The first kappa shape index (κ1) is 12.9. The van der Waals surface area contributed by atoms with Crippen LogP contribution in [0.5, 0.6) is 0 Å². The highest BCUT2D eigenvalue weighted by molar-refractivity contribution is 4.94. The quantitative estimate of drug-likeness (QED) is 0.722. The highest BCUT2D eigenvalue weighted by Gasteiger charge is 2.43. The van der Waals surface area contributed by atoms with Gasteiger partial charge in [0.05, 0.1) is 11.7 Å². The second kappa shape index (κ2) is 5.50. The first-order valence-electron chi connectivity index (χ1n) is 8.11. The zero-order valence-electron chi connectivity index (χ0n) is 11.6. The fourth-order valence-corrected chi connectivity index (χ4v) is 4.67. The van der Waals surface area contributed by atoms with Crippen molar-refractivity contribution in [1.82, 2.24) is 0 Å². The monoisotopic (exact) mass is 252 g/mol. The number of rotatable bonds is 1. The van der Waals surface area contributed by atoms with Crippen LogP contribution in [0.25, 0.3) is 0 Å². The Morgan fingerprint density at radius 1 is 0.889 bits per heavy atom. The molecule has 3 fully saturated rings. The predicted octanol–water partition coefficient (Wildman–Crippen LogP) is 3.67. The first-order valence-corrected chi connectivity index (χ1v) is 8.11. The van der Waals surface area contributed by atoms with Crippen molar-refractivity contribution in [2.45, 2.75) is 82.3 Å². The van der Waals surface area contributed by atoms with Crippen molar-refractivity contribution in [1.29, 1.82) is 0 Å². The van der Waals surface area contributed by atoms with Gasteiger partial charge < -0.3 is 9.84 Å². The van der Waals surface area contributed by atoms with Crippen LogP contribution < -0.4 is 0 Å². The van der Waals surface area contributed by atoms with Crippen LogP contribution >= 0.6 is 0 Å². The van der Waals surface area contributed by atoms with Gasteiger partial charge in [0.2, 0.25) is 0 Å². The Balaban J connectivity index is 1.67. The Kier molecular flexibility index (Phi) is 3.95. The lowest BCUT2D eigenvalue weighted by atomic mass is 9.74. The highest BCUT2D eigenvalue weighted by Crippen LogP contribution is 2.46. The fraction of sp³-hybridized carbons (Fsp3) is 1.00. The van der Waals surface area contributed by atoms with Crippen LogP contribution in [0, 0.1) is 11.8 Å². The van der Waals surface area contributed by atoms with Crippen molar-refractivity contribution in [3.63, 3.8) is 0 Å². The van der Waals surface area contributed by atoms with Gasteiger partial charge in [-0.25, -0.2) is 0 Å². The van der Waals surface area contributed by atoms with Crippen LogP contribution in [0.4, 0.5) is 0 Å². The van der Waals surface area contributed by atoms with E-state index >= 15 is 0 Å². The highest BCUT2D eigenvalue weighted by atomic mass is 16.5. The summed E-state index contributed by atoms with van der Waals surface area (Å²) in [7, 11) is 0. The zero-order valence-corrected chi connectivity index (χ0v) is 11.6. The van der Waals surface area contributed by atoms with Gasteiger partial charge in [-0.05, 0) is 50.4 Å². The Morgan fingerprint density at radius 2 is 1.67 bits per heavy atom. The number of hydrogen-bond donors (Lipinski definition) is 1. The summed E-state index contributed by atoms with van der Waals surface area (Å²) in [4.78, 5) is 0. The molecule has 1 spiro atoms. The predicted molar refractivity (Wildman–Crippen MR) is 72.5 cm³/mol. The number of aliphatic hydroxyl groups is 1. The summed E-state index contributed by atoms with van der Waals surface area (Å²) in [6, 6.07) is 0. The molecule has 2 heteroatoms. The molecule has 2 saturated carbocycles. The van der Waals surface area contributed by atoms with E-state index in [9.17, 15) is 5.11 Å². The zero-order chi connectivity index (χ0) is 12.4. The van der Waals surface area contributed by atoms with Crippen molar-refractivity contribution >= 4 is 0 Å². The molecule has 2 aliphatic carbocycles. The number of aliphatic hydroxyl groups excluding tert-OH is 1. The third-order valence-electron chi connectivity index (χ3n) is 5.68. The summed E-state index contributed by atoms with van der Waals surface area (Å²) in [5.74, 6) is 1.29. The lowest BCUT2D eigenvalue weighted by Crippen LogP contribution is -2.41. The van der Waals surface area contributed by atoms with Crippen LogP contribution in [0.3, 0.4) is 0 Å². The van der Waals surface area contributed by atoms with Crippen LogP contribution in [0.15, 0.2) is 0 Å². The molecule has 18 heavy (non-hydrogen) atoms. The SMILES string of the molecule is OC1CCCCCC1C1CCOC2(CCCC2)C1. The molecule has 104 valence electrons. The molecule has 1 heterocycles. The van der Waals surface area contributed by atoms with Gasteiger partial charge in [0.1, 0.15) is 0 Å². The minimum Gasteiger partial charge on any atom is -0.393 e. The van der Waals surface area contributed by atoms with Gasteiger partial charge in [-0.2, -0.15) is 0 Å². The molecule has 0 aromatic rings. The molecule has 3 atom stereocenters. The van der Waals surface area contributed by atoms with Gasteiger partial charge >= 0.3 is 0 Å². The summed E-state index contributed by atoms with van der Waals surface area (Å²) < 4.78 is 6.13. The molecule has 3 unspecified atom stereocenters. The van der Waals surface area contributed by atoms with Crippen LogP contribution in [-0.4, -0.2) is 23.4 Å². The van der Waals surface area contributed by atoms with Crippen molar-refractivity contribution in [2.75, 3.05) is 6.61 Å². The van der Waals surface area contributed by atoms with Crippen LogP contribution in [0.1, 0.15) is 70.6 Å². The number of hydrogen-bond acceptors (Lipinski definition) is 2. The first-order chi connectivity index (χ1) is 8.79. The van der Waals surface area contributed by atoms with E-state index in [4.69, 9.17) is 4.74 Å². The molecule has 1 N–H and O–H groups in total. The minimum atomic E-state index is -0.0333. The maximum absolute atomic E-state index is 10.4. The van der Waals surface area contributed by atoms with Gasteiger partial charge in [-0.15, -0.1) is 0 Å². The third-order valence-corrected chi connectivity index (χ3v) is 5.68. The lowest BCUT2D eigenvalue weighted by Gasteiger charge is -2.42. The lowest BCUT2D eigenvalue weighted by molar-refractivity contribution is -0.112. The fourth-order valence-electron chi connectivity index (χ4n) is 4.67. The maximum Gasteiger partial charge on any atom is 0.0685 e. The van der Waals surface area contributed by atoms with Gasteiger partial charge in [-0.3, -0.25) is 0 Å². The summed E-state index contributed by atoms with van der Waals surface area (Å²) in [5, 5.41) is 10.4. The summed E-state index contributed by atoms with van der Waals surface area (Å²) in [6.07, 6.45) is 13.8. The van der Waals surface area contributed by atoms with E-state index in [2.05, 4.69) is 0 Å². The molecule has 0 aromatic carbocycles.